The van der Waals surface area contributed by atoms with E-state index < -0.39 is 8.07 Å². The molecule has 0 fully saturated rings. The zero-order chi connectivity index (χ0) is 47.5. The molecule has 0 bridgehead atoms. The van der Waals surface area contributed by atoms with Crippen LogP contribution in [0.4, 0.5) is 0 Å². The van der Waals surface area contributed by atoms with Crippen molar-refractivity contribution in [2.45, 2.75) is 13.1 Å². The molecule has 0 atom stereocenters. The molecule has 0 aliphatic rings. The van der Waals surface area contributed by atoms with Gasteiger partial charge in [0.25, 0.3) is 0 Å². The summed E-state index contributed by atoms with van der Waals surface area (Å²) in [5, 5.41) is 7.62. The smallest absolute Gasteiger partial charge is 0.235 e. The highest BCUT2D eigenvalue weighted by Crippen LogP contribution is 2.40. The van der Waals surface area contributed by atoms with Crippen LogP contribution in [0.5, 0.6) is 0 Å². The minimum absolute atomic E-state index is 0.644. The molecule has 0 spiro atoms. The van der Waals surface area contributed by atoms with Crippen LogP contribution in [-0.2, 0) is 0 Å². The SMILES string of the molecule is C[Si](C)(c1ccccc1)c1ccc(-c2cccc(-c3ccnc(-n4c5ccccc5c5cc(-c6ccc7c(c6)c6ccccc6n7-c6cc(-c7ccccc7)cc(-c7ccccc7)c6)ccc54)n3)c2)cc1. The highest BCUT2D eigenvalue weighted by molar-refractivity contribution is 7.00. The first-order valence-corrected chi connectivity index (χ1v) is 27.4. The average molecular weight is 925 g/mol. The molecule has 0 saturated heterocycles. The molecule has 71 heavy (non-hydrogen) atoms. The number of hydrogen-bond acceptors (Lipinski definition) is 2. The van der Waals surface area contributed by atoms with Gasteiger partial charge in [0.05, 0.1) is 27.8 Å². The van der Waals surface area contributed by atoms with E-state index in [0.717, 1.165) is 55.4 Å². The van der Waals surface area contributed by atoms with Gasteiger partial charge >= 0.3 is 0 Å². The van der Waals surface area contributed by atoms with Crippen molar-refractivity contribution in [3.8, 4) is 67.4 Å². The third-order valence-electron chi connectivity index (χ3n) is 14.5. The molecule has 4 nitrogen and oxygen atoms in total. The summed E-state index contributed by atoms with van der Waals surface area (Å²) in [5.74, 6) is 0.644. The summed E-state index contributed by atoms with van der Waals surface area (Å²) >= 11 is 0. The first kappa shape index (κ1) is 42.2. The summed E-state index contributed by atoms with van der Waals surface area (Å²) in [6.07, 6.45) is 1.89. The minimum atomic E-state index is -1.81. The van der Waals surface area contributed by atoms with E-state index in [2.05, 4.69) is 265 Å². The molecule has 10 aromatic carbocycles. The zero-order valence-corrected chi connectivity index (χ0v) is 40.5. The van der Waals surface area contributed by atoms with Crippen molar-refractivity contribution >= 4 is 62.1 Å². The Morgan fingerprint density at radius 3 is 1.37 bits per heavy atom. The Morgan fingerprint density at radius 2 is 0.746 bits per heavy atom. The molecule has 13 aromatic rings. The maximum absolute atomic E-state index is 5.27. The van der Waals surface area contributed by atoms with E-state index in [4.69, 9.17) is 9.97 Å². The fourth-order valence-electron chi connectivity index (χ4n) is 10.7. The Bertz CT molecular complexity index is 4060. The number of fused-ring (bicyclic) bond motifs is 6. The van der Waals surface area contributed by atoms with Crippen LogP contribution >= 0.6 is 0 Å². The van der Waals surface area contributed by atoms with Crippen molar-refractivity contribution in [2.24, 2.45) is 0 Å². The predicted octanol–water partition coefficient (Wildman–Crippen LogP) is 15.8. The van der Waals surface area contributed by atoms with Gasteiger partial charge in [0.2, 0.25) is 5.95 Å². The van der Waals surface area contributed by atoms with E-state index in [-0.39, 0.29) is 0 Å². The second kappa shape index (κ2) is 17.3. The van der Waals surface area contributed by atoms with Crippen molar-refractivity contribution in [1.29, 1.82) is 0 Å². The van der Waals surface area contributed by atoms with Gasteiger partial charge < -0.3 is 4.57 Å². The van der Waals surface area contributed by atoms with Gasteiger partial charge in [-0.2, -0.15) is 0 Å². The van der Waals surface area contributed by atoms with Gasteiger partial charge in [0, 0.05) is 39.0 Å². The van der Waals surface area contributed by atoms with Gasteiger partial charge in [-0.05, 0) is 111 Å². The highest BCUT2D eigenvalue weighted by Gasteiger charge is 2.26. The molecule has 0 amide bonds. The molecular weight excluding hydrogens is 877 g/mol. The lowest BCUT2D eigenvalue weighted by molar-refractivity contribution is 0.992. The van der Waals surface area contributed by atoms with Crippen molar-refractivity contribution in [2.75, 3.05) is 0 Å². The molecule has 0 N–H and O–H groups in total. The normalized spacial score (nSPS) is 11.8. The molecule has 336 valence electrons. The lowest BCUT2D eigenvalue weighted by Gasteiger charge is -2.24. The Morgan fingerprint density at radius 1 is 0.310 bits per heavy atom. The van der Waals surface area contributed by atoms with E-state index in [1.165, 1.54) is 60.0 Å². The van der Waals surface area contributed by atoms with E-state index in [9.17, 15) is 0 Å². The molecule has 0 unspecified atom stereocenters. The number of hydrogen-bond donors (Lipinski definition) is 0. The van der Waals surface area contributed by atoms with Crippen molar-refractivity contribution in [1.82, 2.24) is 19.1 Å². The van der Waals surface area contributed by atoms with Gasteiger partial charge in [0.15, 0.2) is 0 Å². The highest BCUT2D eigenvalue weighted by atomic mass is 28.3. The van der Waals surface area contributed by atoms with Crippen LogP contribution in [0.25, 0.3) is 111 Å². The molecule has 0 aliphatic carbocycles. The van der Waals surface area contributed by atoms with Crippen LogP contribution in [0.15, 0.2) is 255 Å². The van der Waals surface area contributed by atoms with Crippen LogP contribution < -0.4 is 10.4 Å². The molecule has 5 heteroatoms. The summed E-state index contributed by atoms with van der Waals surface area (Å²) in [5.41, 5.74) is 17.0. The molecule has 3 aromatic heterocycles. The fraction of sp³-hybridized carbons (Fsp3) is 0.0303. The second-order valence-corrected chi connectivity index (χ2v) is 23.5. The monoisotopic (exact) mass is 924 g/mol. The maximum atomic E-state index is 5.27. The summed E-state index contributed by atoms with van der Waals surface area (Å²) in [7, 11) is -1.81. The molecule has 0 aliphatic heterocycles. The van der Waals surface area contributed by atoms with Crippen LogP contribution in [0.1, 0.15) is 0 Å². The maximum Gasteiger partial charge on any atom is 0.235 e. The topological polar surface area (TPSA) is 35.6 Å². The van der Waals surface area contributed by atoms with Gasteiger partial charge in [-0.1, -0.05) is 205 Å². The van der Waals surface area contributed by atoms with E-state index in [0.29, 0.717) is 5.95 Å². The summed E-state index contributed by atoms with van der Waals surface area (Å²) < 4.78 is 4.64. The number of para-hydroxylation sites is 2. The third-order valence-corrected chi connectivity index (χ3v) is 18.1. The largest absolute Gasteiger partial charge is 0.309 e. The van der Waals surface area contributed by atoms with Crippen LogP contribution in [0, 0.1) is 0 Å². The number of rotatable bonds is 9. The Labute approximate surface area is 414 Å². The molecule has 0 radical (unpaired) electrons. The van der Waals surface area contributed by atoms with Crippen molar-refractivity contribution in [3.63, 3.8) is 0 Å². The third kappa shape index (κ3) is 7.46. The first-order chi connectivity index (χ1) is 34.9. The second-order valence-electron chi connectivity index (χ2n) is 19.1. The molecule has 0 saturated carbocycles. The quantitative estimate of drug-likeness (QED) is 0.135. The summed E-state index contributed by atoms with van der Waals surface area (Å²) in [6, 6.07) is 90.4. The standard InChI is InChI=1S/C66H48N4Si/c1-71(2,55-23-10-5-11-24-55)56-33-29-47(30-34-56)48-21-16-22-51(39-48)61-37-38-67-66(68-61)70-63-28-15-13-26-58(63)60-44-50(32-36-65(60)70)49-31-35-64-59(43-49)57-25-12-14-27-62(57)69(64)54-41-52(45-17-6-3-7-18-45)40-53(42-54)46-19-8-4-9-20-46/h3-44H,1-2H3. The molecule has 13 rings (SSSR count). The summed E-state index contributed by atoms with van der Waals surface area (Å²) in [6.45, 7) is 4.85. The molecule has 3 heterocycles. The first-order valence-electron chi connectivity index (χ1n) is 24.4. The fourth-order valence-corrected chi connectivity index (χ4v) is 13.1. The summed E-state index contributed by atoms with van der Waals surface area (Å²) in [4.78, 5) is 10.2. The van der Waals surface area contributed by atoms with E-state index in [1.807, 2.05) is 12.3 Å². The van der Waals surface area contributed by atoms with Crippen LogP contribution in [0.3, 0.4) is 0 Å². The zero-order valence-electron chi connectivity index (χ0n) is 39.5. The van der Waals surface area contributed by atoms with Gasteiger partial charge in [-0.3, -0.25) is 4.57 Å². The van der Waals surface area contributed by atoms with Gasteiger partial charge in [-0.25, -0.2) is 9.97 Å². The van der Waals surface area contributed by atoms with Crippen molar-refractivity contribution < 1.29 is 0 Å². The number of benzene rings is 10. The van der Waals surface area contributed by atoms with Crippen LogP contribution in [-0.4, -0.2) is 27.2 Å². The predicted molar refractivity (Wildman–Crippen MR) is 301 cm³/mol. The van der Waals surface area contributed by atoms with Gasteiger partial charge in [-0.15, -0.1) is 0 Å². The van der Waals surface area contributed by atoms with Crippen LogP contribution in [0.2, 0.25) is 13.1 Å². The lowest BCUT2D eigenvalue weighted by Crippen LogP contribution is -2.52. The van der Waals surface area contributed by atoms with E-state index >= 15 is 0 Å². The number of nitrogens with zero attached hydrogens (tertiary/aromatic N) is 4. The minimum Gasteiger partial charge on any atom is -0.309 e. The Hall–Kier alpha value is -8.90. The molecular formula is C66H48N4Si. The van der Waals surface area contributed by atoms with Crippen molar-refractivity contribution in [3.05, 3.63) is 255 Å². The lowest BCUT2D eigenvalue weighted by atomic mass is 9.98. The average Bonchev–Trinajstić information content (AvgIpc) is 3.96. The van der Waals surface area contributed by atoms with E-state index in [1.54, 1.807) is 0 Å². The Balaban J connectivity index is 0.871. The Kier molecular flexibility index (Phi) is 10.3. The number of aromatic nitrogens is 4. The van der Waals surface area contributed by atoms with Gasteiger partial charge in [0.1, 0.15) is 8.07 Å².